The summed E-state index contributed by atoms with van der Waals surface area (Å²) in [5, 5.41) is 4.42. The van der Waals surface area contributed by atoms with Gasteiger partial charge in [0.2, 0.25) is 0 Å². The van der Waals surface area contributed by atoms with Gasteiger partial charge in [-0.15, -0.1) is 0 Å². The zero-order chi connectivity index (χ0) is 12.8. The smallest absolute Gasteiger partial charge is 0.0590 e. The van der Waals surface area contributed by atoms with Crippen molar-refractivity contribution in [1.29, 1.82) is 0 Å². The number of benzene rings is 2. The molecule has 2 rings (SSSR count). The molecule has 0 bridgehead atoms. The summed E-state index contributed by atoms with van der Waals surface area (Å²) in [4.78, 5) is 0. The number of para-hydroxylation sites is 1. The molecule has 0 unspecified atom stereocenters. The average molecular weight is 238 g/mol. The maximum atomic E-state index is 4.42. The molecular formula is C16H18N2. The van der Waals surface area contributed by atoms with Crippen molar-refractivity contribution < 1.29 is 0 Å². The first-order valence-corrected chi connectivity index (χ1v) is 6.14. The van der Waals surface area contributed by atoms with Crippen LogP contribution in [0.3, 0.4) is 0 Å². The van der Waals surface area contributed by atoms with Crippen LogP contribution >= 0.6 is 0 Å². The van der Waals surface area contributed by atoms with E-state index in [9.17, 15) is 0 Å². The first-order valence-electron chi connectivity index (χ1n) is 6.14. The Morgan fingerprint density at radius 2 is 1.67 bits per heavy atom. The van der Waals surface area contributed by atoms with Gasteiger partial charge in [0.05, 0.1) is 5.69 Å². The SMILES string of the molecule is C/C(Cc1ccccc1)=N\Nc1ccccc1C. The van der Waals surface area contributed by atoms with E-state index in [4.69, 9.17) is 0 Å². The Kier molecular flexibility index (Phi) is 4.13. The molecule has 0 spiro atoms. The molecule has 0 aliphatic heterocycles. The molecule has 2 heteroatoms. The lowest BCUT2D eigenvalue weighted by atomic mass is 10.1. The molecule has 1 N–H and O–H groups in total. The summed E-state index contributed by atoms with van der Waals surface area (Å²) in [6.07, 6.45) is 0.875. The second-order valence-corrected chi connectivity index (χ2v) is 4.44. The average Bonchev–Trinajstić information content (AvgIpc) is 2.39. The van der Waals surface area contributed by atoms with Crippen LogP contribution < -0.4 is 5.43 Å². The molecule has 0 radical (unpaired) electrons. The van der Waals surface area contributed by atoms with Gasteiger partial charge in [-0.1, -0.05) is 48.5 Å². The van der Waals surface area contributed by atoms with Crippen molar-refractivity contribution in [3.63, 3.8) is 0 Å². The van der Waals surface area contributed by atoms with Crippen molar-refractivity contribution in [1.82, 2.24) is 0 Å². The van der Waals surface area contributed by atoms with Gasteiger partial charge in [-0.25, -0.2) is 0 Å². The topological polar surface area (TPSA) is 24.4 Å². The van der Waals surface area contributed by atoms with Crippen molar-refractivity contribution >= 4 is 11.4 Å². The number of nitrogens with zero attached hydrogens (tertiary/aromatic N) is 1. The summed E-state index contributed by atoms with van der Waals surface area (Å²) in [5.74, 6) is 0. The Labute approximate surface area is 108 Å². The molecule has 0 saturated carbocycles. The minimum Gasteiger partial charge on any atom is -0.278 e. The zero-order valence-corrected chi connectivity index (χ0v) is 10.9. The highest BCUT2D eigenvalue weighted by Crippen LogP contribution is 2.13. The van der Waals surface area contributed by atoms with Crippen LogP contribution in [0.1, 0.15) is 18.1 Å². The van der Waals surface area contributed by atoms with Crippen LogP contribution in [0.15, 0.2) is 59.7 Å². The third-order valence-electron chi connectivity index (χ3n) is 2.82. The summed E-state index contributed by atoms with van der Waals surface area (Å²) in [7, 11) is 0. The quantitative estimate of drug-likeness (QED) is 0.631. The first kappa shape index (κ1) is 12.4. The highest BCUT2D eigenvalue weighted by atomic mass is 15.3. The van der Waals surface area contributed by atoms with Gasteiger partial charge < -0.3 is 0 Å². The summed E-state index contributed by atoms with van der Waals surface area (Å²) >= 11 is 0. The van der Waals surface area contributed by atoms with Gasteiger partial charge in [-0.05, 0) is 31.0 Å². The third-order valence-corrected chi connectivity index (χ3v) is 2.82. The second-order valence-electron chi connectivity index (χ2n) is 4.44. The number of hydrazone groups is 1. The summed E-state index contributed by atoms with van der Waals surface area (Å²) in [6, 6.07) is 18.5. The van der Waals surface area contributed by atoms with E-state index in [1.807, 2.05) is 31.2 Å². The molecule has 0 saturated heterocycles. The normalized spacial score (nSPS) is 11.3. The number of hydrogen-bond acceptors (Lipinski definition) is 2. The minimum absolute atomic E-state index is 0.875. The Morgan fingerprint density at radius 1 is 1.00 bits per heavy atom. The molecule has 0 aliphatic rings. The van der Waals surface area contributed by atoms with E-state index in [0.717, 1.165) is 17.8 Å². The summed E-state index contributed by atoms with van der Waals surface area (Å²) in [5.41, 5.74) is 7.74. The van der Waals surface area contributed by atoms with Crippen LogP contribution in [-0.4, -0.2) is 5.71 Å². The molecule has 0 amide bonds. The number of hydrogen-bond donors (Lipinski definition) is 1. The maximum Gasteiger partial charge on any atom is 0.0590 e. The van der Waals surface area contributed by atoms with Crippen molar-refractivity contribution in [3.05, 3.63) is 65.7 Å². The van der Waals surface area contributed by atoms with E-state index in [-0.39, 0.29) is 0 Å². The number of rotatable bonds is 4. The number of nitrogens with one attached hydrogen (secondary N) is 1. The van der Waals surface area contributed by atoms with Gasteiger partial charge in [0.25, 0.3) is 0 Å². The lowest BCUT2D eigenvalue weighted by Crippen LogP contribution is -2.02. The molecular weight excluding hydrogens is 220 g/mol. The Balaban J connectivity index is 2.00. The van der Waals surface area contributed by atoms with E-state index in [0.29, 0.717) is 0 Å². The number of anilines is 1. The lowest BCUT2D eigenvalue weighted by Gasteiger charge is -2.06. The second kappa shape index (κ2) is 6.01. The monoisotopic (exact) mass is 238 g/mol. The maximum absolute atomic E-state index is 4.42. The minimum atomic E-state index is 0.875. The van der Waals surface area contributed by atoms with Crippen molar-refractivity contribution in [2.24, 2.45) is 5.10 Å². The van der Waals surface area contributed by atoms with E-state index in [2.05, 4.69) is 47.8 Å². The van der Waals surface area contributed by atoms with Gasteiger partial charge in [0.1, 0.15) is 0 Å². The largest absolute Gasteiger partial charge is 0.278 e. The zero-order valence-electron chi connectivity index (χ0n) is 10.9. The molecule has 92 valence electrons. The molecule has 18 heavy (non-hydrogen) atoms. The Bertz CT molecular complexity index is 530. The molecule has 0 aliphatic carbocycles. The molecule has 2 aromatic carbocycles. The standard InChI is InChI=1S/C16H18N2/c1-13-8-6-7-11-16(13)18-17-14(2)12-15-9-4-3-5-10-15/h3-11,18H,12H2,1-2H3/b17-14+. The number of aryl methyl sites for hydroxylation is 1. The molecule has 0 fully saturated rings. The van der Waals surface area contributed by atoms with Crippen LogP contribution in [0.5, 0.6) is 0 Å². The van der Waals surface area contributed by atoms with Crippen molar-refractivity contribution in [2.75, 3.05) is 5.43 Å². The third kappa shape index (κ3) is 3.45. The van der Waals surface area contributed by atoms with Gasteiger partial charge in [0, 0.05) is 12.1 Å². The van der Waals surface area contributed by atoms with Gasteiger partial charge >= 0.3 is 0 Å². The van der Waals surface area contributed by atoms with E-state index in [1.165, 1.54) is 11.1 Å². The molecule has 0 aromatic heterocycles. The predicted octanol–water partition coefficient (Wildman–Crippen LogP) is 4.03. The van der Waals surface area contributed by atoms with Crippen LogP contribution in [0.25, 0.3) is 0 Å². The fourth-order valence-electron chi connectivity index (χ4n) is 1.78. The van der Waals surface area contributed by atoms with E-state index in [1.54, 1.807) is 0 Å². The van der Waals surface area contributed by atoms with Crippen molar-refractivity contribution in [2.45, 2.75) is 20.3 Å². The van der Waals surface area contributed by atoms with Crippen LogP contribution in [0, 0.1) is 6.92 Å². The Hall–Kier alpha value is -2.09. The lowest BCUT2D eigenvalue weighted by molar-refractivity contribution is 1.23. The van der Waals surface area contributed by atoms with Crippen LogP contribution in [0.2, 0.25) is 0 Å². The first-order chi connectivity index (χ1) is 8.75. The molecule has 2 nitrogen and oxygen atoms in total. The summed E-state index contributed by atoms with van der Waals surface area (Å²) < 4.78 is 0. The molecule has 2 aromatic rings. The van der Waals surface area contributed by atoms with E-state index < -0.39 is 0 Å². The van der Waals surface area contributed by atoms with Gasteiger partial charge in [-0.2, -0.15) is 5.10 Å². The summed E-state index contributed by atoms with van der Waals surface area (Å²) in [6.45, 7) is 4.11. The molecule has 0 atom stereocenters. The van der Waals surface area contributed by atoms with Crippen LogP contribution in [-0.2, 0) is 6.42 Å². The highest BCUT2D eigenvalue weighted by molar-refractivity contribution is 5.84. The van der Waals surface area contributed by atoms with E-state index >= 15 is 0 Å². The van der Waals surface area contributed by atoms with Gasteiger partial charge in [0.15, 0.2) is 0 Å². The van der Waals surface area contributed by atoms with Crippen LogP contribution in [0.4, 0.5) is 5.69 Å². The Morgan fingerprint density at radius 3 is 2.39 bits per heavy atom. The van der Waals surface area contributed by atoms with Gasteiger partial charge in [-0.3, -0.25) is 5.43 Å². The predicted molar refractivity (Wildman–Crippen MR) is 78.1 cm³/mol. The molecule has 0 heterocycles. The highest BCUT2D eigenvalue weighted by Gasteiger charge is 1.97. The van der Waals surface area contributed by atoms with Crippen molar-refractivity contribution in [3.8, 4) is 0 Å². The fraction of sp³-hybridized carbons (Fsp3) is 0.188. The fourth-order valence-corrected chi connectivity index (χ4v) is 1.78.